The minimum Gasteiger partial charge on any atom is -0.495 e. The predicted molar refractivity (Wildman–Crippen MR) is 128 cm³/mol. The van der Waals surface area contributed by atoms with E-state index < -0.39 is 15.9 Å². The van der Waals surface area contributed by atoms with Crippen LogP contribution < -0.4 is 14.4 Å². The second-order valence-corrected chi connectivity index (χ2v) is 9.20. The fraction of sp³-hybridized carbons (Fsp3) is 0.125. The van der Waals surface area contributed by atoms with Crippen LogP contribution in [0.1, 0.15) is 15.9 Å². The van der Waals surface area contributed by atoms with E-state index in [9.17, 15) is 13.2 Å². The molecule has 0 aliphatic heterocycles. The summed E-state index contributed by atoms with van der Waals surface area (Å²) in [5.41, 5.74) is 2.02. The van der Waals surface area contributed by atoms with Gasteiger partial charge in [0, 0.05) is 5.56 Å². The number of ether oxygens (including phenoxy) is 1. The standard InChI is InChI=1S/C24H23ClN2O4S/c1-4-14-27(19-8-6-5-7-9-19)32(29,30)23-16-18(11-12-20(23)25)24(28)26-21-15-17(2)10-13-22(21)31-3/h4-13,15-16H,1,14H2,2-3H3,(H,26,28). The van der Waals surface area contributed by atoms with Crippen LogP contribution in [0, 0.1) is 6.92 Å². The van der Waals surface area contributed by atoms with Crippen LogP contribution in [-0.4, -0.2) is 28.0 Å². The molecule has 6 nitrogen and oxygen atoms in total. The largest absolute Gasteiger partial charge is 0.495 e. The molecule has 0 unspecified atom stereocenters. The maximum absolute atomic E-state index is 13.5. The molecule has 0 saturated carbocycles. The smallest absolute Gasteiger partial charge is 0.266 e. The second-order valence-electron chi connectivity index (χ2n) is 6.96. The first-order chi connectivity index (χ1) is 15.3. The zero-order valence-electron chi connectivity index (χ0n) is 17.7. The average Bonchev–Trinajstić information content (AvgIpc) is 2.78. The third-order valence-corrected chi connectivity index (χ3v) is 6.98. The van der Waals surface area contributed by atoms with Gasteiger partial charge in [0.05, 0.1) is 30.1 Å². The molecule has 0 fully saturated rings. The molecule has 0 saturated heterocycles. The van der Waals surface area contributed by atoms with Crippen molar-refractivity contribution in [3.05, 3.63) is 95.5 Å². The van der Waals surface area contributed by atoms with E-state index in [0.717, 1.165) is 5.56 Å². The minimum atomic E-state index is -4.07. The van der Waals surface area contributed by atoms with Crippen molar-refractivity contribution in [2.45, 2.75) is 11.8 Å². The molecule has 3 aromatic rings. The quantitative estimate of drug-likeness (QED) is 0.454. The highest BCUT2D eigenvalue weighted by Gasteiger charge is 2.27. The predicted octanol–water partition coefficient (Wildman–Crippen LogP) is 5.29. The van der Waals surface area contributed by atoms with Crippen molar-refractivity contribution in [3.8, 4) is 5.75 Å². The maximum Gasteiger partial charge on any atom is 0.266 e. The van der Waals surface area contributed by atoms with Crippen molar-refractivity contribution in [1.82, 2.24) is 0 Å². The van der Waals surface area contributed by atoms with Crippen molar-refractivity contribution in [2.24, 2.45) is 0 Å². The van der Waals surface area contributed by atoms with E-state index in [2.05, 4.69) is 11.9 Å². The van der Waals surface area contributed by atoms with Gasteiger partial charge in [-0.05, 0) is 55.0 Å². The molecule has 0 aliphatic carbocycles. The number of benzene rings is 3. The number of halogens is 1. The fourth-order valence-electron chi connectivity index (χ4n) is 3.13. The van der Waals surface area contributed by atoms with E-state index in [4.69, 9.17) is 16.3 Å². The Morgan fingerprint density at radius 1 is 1.12 bits per heavy atom. The van der Waals surface area contributed by atoms with Crippen molar-refractivity contribution < 1.29 is 17.9 Å². The molecule has 0 radical (unpaired) electrons. The summed E-state index contributed by atoms with van der Waals surface area (Å²) in [4.78, 5) is 12.7. The fourth-order valence-corrected chi connectivity index (χ4v) is 5.07. The summed E-state index contributed by atoms with van der Waals surface area (Å²) in [7, 11) is -2.56. The SMILES string of the molecule is C=CCN(c1ccccc1)S(=O)(=O)c1cc(C(=O)Nc2cc(C)ccc2OC)ccc1Cl. The van der Waals surface area contributed by atoms with Crippen molar-refractivity contribution in [3.63, 3.8) is 0 Å². The Kier molecular flexibility index (Phi) is 7.22. The number of nitrogens with zero attached hydrogens (tertiary/aromatic N) is 1. The number of hydrogen-bond donors (Lipinski definition) is 1. The Morgan fingerprint density at radius 3 is 2.50 bits per heavy atom. The molecule has 1 amide bonds. The lowest BCUT2D eigenvalue weighted by molar-refractivity contribution is 0.102. The Balaban J connectivity index is 2.00. The number of para-hydroxylation sites is 1. The summed E-state index contributed by atoms with van der Waals surface area (Å²) in [5.74, 6) is 0.00370. The van der Waals surface area contributed by atoms with Crippen LogP contribution in [0.5, 0.6) is 5.75 Å². The molecule has 32 heavy (non-hydrogen) atoms. The van der Waals surface area contributed by atoms with Crippen LogP contribution in [0.3, 0.4) is 0 Å². The van der Waals surface area contributed by atoms with Gasteiger partial charge in [-0.2, -0.15) is 0 Å². The first kappa shape index (κ1) is 23.4. The molecule has 0 aliphatic rings. The van der Waals surface area contributed by atoms with Gasteiger partial charge in [0.2, 0.25) is 0 Å². The first-order valence-corrected chi connectivity index (χ1v) is 11.5. The highest BCUT2D eigenvalue weighted by atomic mass is 35.5. The number of carbonyl (C=O) groups excluding carboxylic acids is 1. The summed E-state index contributed by atoms with van der Waals surface area (Å²) in [6.45, 7) is 5.59. The van der Waals surface area contributed by atoms with Crippen LogP contribution >= 0.6 is 11.6 Å². The van der Waals surface area contributed by atoms with Gasteiger partial charge in [-0.1, -0.05) is 41.9 Å². The molecule has 0 spiro atoms. The van der Waals surface area contributed by atoms with Gasteiger partial charge in [0.25, 0.3) is 15.9 Å². The number of sulfonamides is 1. The number of rotatable bonds is 8. The van der Waals surface area contributed by atoms with Crippen LogP contribution in [-0.2, 0) is 10.0 Å². The number of amides is 1. The maximum atomic E-state index is 13.5. The highest BCUT2D eigenvalue weighted by molar-refractivity contribution is 7.93. The molecule has 3 aromatic carbocycles. The van der Waals surface area contributed by atoms with Crippen LogP contribution in [0.4, 0.5) is 11.4 Å². The average molecular weight is 471 g/mol. The van der Waals surface area contributed by atoms with Gasteiger partial charge in [-0.25, -0.2) is 8.42 Å². The molecule has 166 valence electrons. The van der Waals surface area contributed by atoms with Crippen LogP contribution in [0.15, 0.2) is 84.3 Å². The van der Waals surface area contributed by atoms with E-state index in [1.807, 2.05) is 13.0 Å². The van der Waals surface area contributed by atoms with Gasteiger partial charge >= 0.3 is 0 Å². The normalized spacial score (nSPS) is 11.0. The Bertz CT molecular complexity index is 1240. The Morgan fingerprint density at radius 2 is 1.84 bits per heavy atom. The third-order valence-electron chi connectivity index (χ3n) is 4.70. The molecule has 0 atom stereocenters. The lowest BCUT2D eigenvalue weighted by Gasteiger charge is -2.24. The summed E-state index contributed by atoms with van der Waals surface area (Å²) in [6.07, 6.45) is 1.49. The molecule has 0 bridgehead atoms. The van der Waals surface area contributed by atoms with Gasteiger partial charge < -0.3 is 10.1 Å². The summed E-state index contributed by atoms with van der Waals surface area (Å²) in [6, 6.07) is 18.1. The van der Waals surface area contributed by atoms with E-state index in [-0.39, 0.29) is 22.0 Å². The van der Waals surface area contributed by atoms with Gasteiger partial charge in [0.15, 0.2) is 0 Å². The second kappa shape index (κ2) is 9.89. The van der Waals surface area contributed by atoms with Crippen molar-refractivity contribution in [2.75, 3.05) is 23.3 Å². The topological polar surface area (TPSA) is 75.7 Å². The number of aryl methyl sites for hydroxylation is 1. The number of hydrogen-bond acceptors (Lipinski definition) is 4. The van der Waals surface area contributed by atoms with Gasteiger partial charge in [0.1, 0.15) is 10.6 Å². The molecule has 1 N–H and O–H groups in total. The number of methoxy groups -OCH3 is 1. The zero-order valence-corrected chi connectivity index (χ0v) is 19.3. The van der Waals surface area contributed by atoms with E-state index in [1.165, 1.54) is 35.7 Å². The molecule has 0 aromatic heterocycles. The van der Waals surface area contributed by atoms with Crippen LogP contribution in [0.25, 0.3) is 0 Å². The number of carbonyl (C=O) groups is 1. The molecule has 8 heteroatoms. The molecular weight excluding hydrogens is 448 g/mol. The van der Waals surface area contributed by atoms with E-state index in [0.29, 0.717) is 17.1 Å². The van der Waals surface area contributed by atoms with Gasteiger partial charge in [-0.15, -0.1) is 6.58 Å². The summed E-state index contributed by atoms with van der Waals surface area (Å²) in [5, 5.41) is 2.78. The van der Waals surface area contributed by atoms with E-state index in [1.54, 1.807) is 42.5 Å². The highest BCUT2D eigenvalue weighted by Crippen LogP contribution is 2.30. The van der Waals surface area contributed by atoms with Crippen LogP contribution in [0.2, 0.25) is 5.02 Å². The summed E-state index contributed by atoms with van der Waals surface area (Å²) < 4.78 is 33.4. The molecule has 3 rings (SSSR count). The summed E-state index contributed by atoms with van der Waals surface area (Å²) >= 11 is 6.26. The van der Waals surface area contributed by atoms with Crippen molar-refractivity contribution >= 4 is 38.9 Å². The lowest BCUT2D eigenvalue weighted by atomic mass is 10.1. The third kappa shape index (κ3) is 4.95. The van der Waals surface area contributed by atoms with Gasteiger partial charge in [-0.3, -0.25) is 9.10 Å². The molecular formula is C24H23ClN2O4S. The first-order valence-electron chi connectivity index (χ1n) is 9.72. The van der Waals surface area contributed by atoms with Crippen molar-refractivity contribution in [1.29, 1.82) is 0 Å². The monoisotopic (exact) mass is 470 g/mol. The lowest BCUT2D eigenvalue weighted by Crippen LogP contribution is -2.31. The Hall–Kier alpha value is -3.29. The number of anilines is 2. The Labute approximate surface area is 193 Å². The zero-order chi connectivity index (χ0) is 23.3. The molecule has 0 heterocycles. The van der Waals surface area contributed by atoms with E-state index >= 15 is 0 Å². The minimum absolute atomic E-state index is 0.0136. The number of nitrogens with one attached hydrogen (secondary N) is 1.